The summed E-state index contributed by atoms with van der Waals surface area (Å²) in [4.78, 5) is 39.8. The zero-order valence-corrected chi connectivity index (χ0v) is 14.8. The van der Waals surface area contributed by atoms with E-state index in [-0.39, 0.29) is 11.8 Å². The monoisotopic (exact) mass is 347 g/mol. The largest absolute Gasteiger partial charge is 0.378 e. The molecule has 8 nitrogen and oxygen atoms in total. The SMILES string of the molecule is CC(C)(C(=O)N1CCOCC1)C(=O)N1CCN(c2ncccn2)CC1. The molecule has 0 aliphatic carbocycles. The van der Waals surface area contributed by atoms with Crippen LogP contribution in [-0.4, -0.2) is 84.1 Å². The fraction of sp³-hybridized carbons (Fsp3) is 0.647. The van der Waals surface area contributed by atoms with E-state index in [4.69, 9.17) is 4.74 Å². The van der Waals surface area contributed by atoms with Gasteiger partial charge in [-0.1, -0.05) is 0 Å². The van der Waals surface area contributed by atoms with Gasteiger partial charge < -0.3 is 19.4 Å². The number of rotatable bonds is 3. The van der Waals surface area contributed by atoms with Crippen LogP contribution in [0.2, 0.25) is 0 Å². The van der Waals surface area contributed by atoms with Crippen molar-refractivity contribution in [3.63, 3.8) is 0 Å². The maximum atomic E-state index is 12.9. The van der Waals surface area contributed by atoms with Crippen molar-refractivity contribution in [1.82, 2.24) is 19.8 Å². The summed E-state index contributed by atoms with van der Waals surface area (Å²) in [5.41, 5.74) is -1.05. The molecule has 136 valence electrons. The van der Waals surface area contributed by atoms with Crippen LogP contribution in [0.5, 0.6) is 0 Å². The fourth-order valence-corrected chi connectivity index (χ4v) is 3.21. The van der Waals surface area contributed by atoms with E-state index < -0.39 is 5.41 Å². The van der Waals surface area contributed by atoms with Gasteiger partial charge in [0.1, 0.15) is 5.41 Å². The first kappa shape index (κ1) is 17.6. The van der Waals surface area contributed by atoms with Gasteiger partial charge in [-0.25, -0.2) is 9.97 Å². The lowest BCUT2D eigenvalue weighted by molar-refractivity contribution is -0.156. The number of hydrogen-bond donors (Lipinski definition) is 0. The molecule has 2 fully saturated rings. The van der Waals surface area contributed by atoms with Crippen molar-refractivity contribution < 1.29 is 14.3 Å². The van der Waals surface area contributed by atoms with Crippen LogP contribution >= 0.6 is 0 Å². The van der Waals surface area contributed by atoms with Crippen molar-refractivity contribution in [2.45, 2.75) is 13.8 Å². The van der Waals surface area contributed by atoms with Gasteiger partial charge in [0, 0.05) is 51.7 Å². The lowest BCUT2D eigenvalue weighted by Gasteiger charge is -2.40. The van der Waals surface area contributed by atoms with Crippen LogP contribution < -0.4 is 4.90 Å². The molecule has 8 heteroatoms. The van der Waals surface area contributed by atoms with Gasteiger partial charge in [-0.15, -0.1) is 0 Å². The number of carbonyl (C=O) groups excluding carboxylic acids is 2. The highest BCUT2D eigenvalue weighted by Gasteiger charge is 2.42. The Balaban J connectivity index is 1.60. The van der Waals surface area contributed by atoms with Crippen LogP contribution in [0.25, 0.3) is 0 Å². The second-order valence-electron chi connectivity index (χ2n) is 6.86. The molecule has 2 saturated heterocycles. The second kappa shape index (κ2) is 7.35. The maximum absolute atomic E-state index is 12.9. The van der Waals surface area contributed by atoms with Gasteiger partial charge in [-0.2, -0.15) is 0 Å². The quantitative estimate of drug-likeness (QED) is 0.717. The van der Waals surface area contributed by atoms with Gasteiger partial charge in [0.25, 0.3) is 0 Å². The van der Waals surface area contributed by atoms with Crippen LogP contribution in [0.1, 0.15) is 13.8 Å². The van der Waals surface area contributed by atoms with Crippen molar-refractivity contribution in [1.29, 1.82) is 0 Å². The first-order valence-corrected chi connectivity index (χ1v) is 8.68. The van der Waals surface area contributed by atoms with Crippen LogP contribution in [-0.2, 0) is 14.3 Å². The molecule has 0 bridgehead atoms. The molecule has 0 saturated carbocycles. The highest BCUT2D eigenvalue weighted by atomic mass is 16.5. The standard InChI is InChI=1S/C17H25N5O3/c1-17(2,15(24)21-10-12-25-13-11-21)14(23)20-6-8-22(9-7-20)16-18-4-3-5-19-16/h3-5H,6-13H2,1-2H3. The average Bonchev–Trinajstić information content (AvgIpc) is 2.68. The van der Waals surface area contributed by atoms with Gasteiger partial charge in [0.15, 0.2) is 0 Å². The summed E-state index contributed by atoms with van der Waals surface area (Å²) in [5.74, 6) is 0.450. The first-order valence-electron chi connectivity index (χ1n) is 8.68. The molecule has 0 atom stereocenters. The predicted octanol–water partition coefficient (Wildman–Crippen LogP) is 0.0102. The Hall–Kier alpha value is -2.22. The summed E-state index contributed by atoms with van der Waals surface area (Å²) in [6, 6.07) is 1.78. The Bertz CT molecular complexity index is 608. The molecule has 1 aromatic rings. The number of amides is 2. The minimum atomic E-state index is -1.05. The molecule has 3 heterocycles. The Morgan fingerprint density at radius 2 is 1.44 bits per heavy atom. The van der Waals surface area contributed by atoms with E-state index in [0.29, 0.717) is 58.4 Å². The molecule has 2 aliphatic heterocycles. The summed E-state index contributed by atoms with van der Waals surface area (Å²) in [6.45, 7) is 8.07. The molecular weight excluding hydrogens is 322 g/mol. The van der Waals surface area contributed by atoms with E-state index in [2.05, 4.69) is 14.9 Å². The summed E-state index contributed by atoms with van der Waals surface area (Å²) < 4.78 is 5.29. The van der Waals surface area contributed by atoms with Crippen LogP contribution in [0, 0.1) is 5.41 Å². The van der Waals surface area contributed by atoms with Crippen molar-refractivity contribution in [3.8, 4) is 0 Å². The normalized spacial score (nSPS) is 19.0. The van der Waals surface area contributed by atoms with Crippen molar-refractivity contribution >= 4 is 17.8 Å². The molecule has 0 N–H and O–H groups in total. The molecular formula is C17H25N5O3. The van der Waals surface area contributed by atoms with Crippen molar-refractivity contribution in [2.24, 2.45) is 5.41 Å². The number of morpholine rings is 1. The van der Waals surface area contributed by atoms with E-state index >= 15 is 0 Å². The van der Waals surface area contributed by atoms with E-state index in [1.165, 1.54) is 0 Å². The number of anilines is 1. The lowest BCUT2D eigenvalue weighted by atomic mass is 9.89. The molecule has 2 aliphatic rings. The number of carbonyl (C=O) groups is 2. The predicted molar refractivity (Wildman–Crippen MR) is 92.0 cm³/mol. The average molecular weight is 347 g/mol. The van der Waals surface area contributed by atoms with E-state index in [1.54, 1.807) is 42.1 Å². The fourth-order valence-electron chi connectivity index (χ4n) is 3.21. The smallest absolute Gasteiger partial charge is 0.237 e. The zero-order chi connectivity index (χ0) is 17.9. The van der Waals surface area contributed by atoms with E-state index in [1.807, 2.05) is 0 Å². The highest BCUT2D eigenvalue weighted by Crippen LogP contribution is 2.24. The lowest BCUT2D eigenvalue weighted by Crippen LogP contribution is -2.57. The molecule has 25 heavy (non-hydrogen) atoms. The Kier molecular flexibility index (Phi) is 5.17. The molecule has 2 amide bonds. The van der Waals surface area contributed by atoms with Gasteiger partial charge in [0.05, 0.1) is 13.2 Å². The third kappa shape index (κ3) is 3.73. The Labute approximate surface area is 147 Å². The molecule has 0 radical (unpaired) electrons. The highest BCUT2D eigenvalue weighted by molar-refractivity contribution is 6.04. The number of piperazine rings is 1. The summed E-state index contributed by atoms with van der Waals surface area (Å²) in [5, 5.41) is 0. The molecule has 0 spiro atoms. The molecule has 0 aromatic carbocycles. The Morgan fingerprint density at radius 1 is 0.920 bits per heavy atom. The van der Waals surface area contributed by atoms with Crippen LogP contribution in [0.3, 0.4) is 0 Å². The third-order valence-electron chi connectivity index (χ3n) is 4.77. The summed E-state index contributed by atoms with van der Waals surface area (Å²) >= 11 is 0. The summed E-state index contributed by atoms with van der Waals surface area (Å²) in [7, 11) is 0. The first-order chi connectivity index (χ1) is 12.0. The minimum absolute atomic E-state index is 0.113. The number of nitrogens with zero attached hydrogens (tertiary/aromatic N) is 5. The van der Waals surface area contributed by atoms with Gasteiger partial charge in [-0.05, 0) is 19.9 Å². The molecule has 1 aromatic heterocycles. The number of hydrogen-bond acceptors (Lipinski definition) is 6. The van der Waals surface area contributed by atoms with E-state index in [0.717, 1.165) is 0 Å². The minimum Gasteiger partial charge on any atom is -0.378 e. The van der Waals surface area contributed by atoms with Crippen LogP contribution in [0.15, 0.2) is 18.5 Å². The maximum Gasteiger partial charge on any atom is 0.237 e. The topological polar surface area (TPSA) is 78.9 Å². The summed E-state index contributed by atoms with van der Waals surface area (Å²) in [6.07, 6.45) is 3.42. The van der Waals surface area contributed by atoms with Gasteiger partial charge in [-0.3, -0.25) is 9.59 Å². The van der Waals surface area contributed by atoms with Gasteiger partial charge in [0.2, 0.25) is 17.8 Å². The number of aromatic nitrogens is 2. The van der Waals surface area contributed by atoms with Crippen LogP contribution in [0.4, 0.5) is 5.95 Å². The van der Waals surface area contributed by atoms with Gasteiger partial charge >= 0.3 is 0 Å². The van der Waals surface area contributed by atoms with E-state index in [9.17, 15) is 9.59 Å². The molecule has 0 unspecified atom stereocenters. The molecule has 3 rings (SSSR count). The van der Waals surface area contributed by atoms with Crippen molar-refractivity contribution in [2.75, 3.05) is 57.4 Å². The third-order valence-corrected chi connectivity index (χ3v) is 4.77. The number of ether oxygens (including phenoxy) is 1. The second-order valence-corrected chi connectivity index (χ2v) is 6.86. The zero-order valence-electron chi connectivity index (χ0n) is 14.8. The van der Waals surface area contributed by atoms with Crippen molar-refractivity contribution in [3.05, 3.63) is 18.5 Å². The Morgan fingerprint density at radius 3 is 2.00 bits per heavy atom.